The summed E-state index contributed by atoms with van der Waals surface area (Å²) >= 11 is 1.34. The van der Waals surface area contributed by atoms with Crippen molar-refractivity contribution in [2.45, 2.75) is 26.9 Å². The van der Waals surface area contributed by atoms with Crippen LogP contribution >= 0.6 is 11.8 Å². The van der Waals surface area contributed by atoms with E-state index in [-0.39, 0.29) is 5.78 Å². The molecule has 0 aromatic heterocycles. The molecule has 1 aromatic rings. The molecule has 4 heteroatoms. The van der Waals surface area contributed by atoms with Crippen LogP contribution in [0.4, 0.5) is 0 Å². The predicted octanol–water partition coefficient (Wildman–Crippen LogP) is 4.19. The normalized spacial score (nSPS) is 20.3. The van der Waals surface area contributed by atoms with Crippen LogP contribution in [0.5, 0.6) is 0 Å². The lowest BCUT2D eigenvalue weighted by Gasteiger charge is -2.15. The molecule has 1 N–H and O–H groups in total. The van der Waals surface area contributed by atoms with Gasteiger partial charge in [0, 0.05) is 11.8 Å². The molecule has 0 saturated carbocycles. The molecule has 2 rings (SSSR count). The maximum Gasteiger partial charge on any atom is 0.166 e. The summed E-state index contributed by atoms with van der Waals surface area (Å²) in [5.74, 6) is 0.0104. The number of ketones is 1. The van der Waals surface area contributed by atoms with Gasteiger partial charge in [0.15, 0.2) is 5.78 Å². The molecule has 22 heavy (non-hydrogen) atoms. The highest BCUT2D eigenvalue weighted by Gasteiger charge is 2.29. The summed E-state index contributed by atoms with van der Waals surface area (Å²) in [6.45, 7) is 8.94. The molecule has 0 radical (unpaired) electrons. The number of allylic oxidation sites excluding steroid dienone is 2. The Kier molecular flexibility index (Phi) is 5.16. The Morgan fingerprint density at radius 2 is 1.95 bits per heavy atom. The van der Waals surface area contributed by atoms with Gasteiger partial charge in [0.25, 0.3) is 0 Å². The summed E-state index contributed by atoms with van der Waals surface area (Å²) in [4.78, 5) is 16.7. The van der Waals surface area contributed by atoms with E-state index in [9.17, 15) is 9.90 Å². The number of aliphatic hydroxyl groups is 1. The second kappa shape index (κ2) is 6.90. The van der Waals surface area contributed by atoms with E-state index in [4.69, 9.17) is 0 Å². The molecule has 0 spiro atoms. The summed E-state index contributed by atoms with van der Waals surface area (Å²) < 4.78 is 0. The van der Waals surface area contributed by atoms with E-state index in [0.29, 0.717) is 9.95 Å². The van der Waals surface area contributed by atoms with Crippen molar-refractivity contribution in [2.75, 3.05) is 0 Å². The lowest BCUT2D eigenvalue weighted by Crippen LogP contribution is -2.06. The Hall–Kier alpha value is -1.91. The number of aliphatic hydroxyl groups excluding tert-OH is 1. The lowest BCUT2D eigenvalue weighted by molar-refractivity contribution is -0.113. The molecule has 0 saturated heterocycles. The minimum Gasteiger partial charge on any atom is -0.384 e. The molecule has 1 atom stereocenters. The molecule has 3 nitrogen and oxygen atoms in total. The molecule has 0 aliphatic carbocycles. The van der Waals surface area contributed by atoms with E-state index in [2.05, 4.69) is 11.6 Å². The average Bonchev–Trinajstić information content (AvgIpc) is 2.84. The molecule has 0 fully saturated rings. The van der Waals surface area contributed by atoms with Crippen molar-refractivity contribution in [2.24, 2.45) is 4.99 Å². The fraction of sp³-hybridized carbons (Fsp3) is 0.222. The fourth-order valence-corrected chi connectivity index (χ4v) is 3.63. The Bertz CT molecular complexity index is 699. The molecule has 1 unspecified atom stereocenters. The van der Waals surface area contributed by atoms with Crippen molar-refractivity contribution in [3.05, 3.63) is 70.3 Å². The second-order valence-corrected chi connectivity index (χ2v) is 6.10. The standard InChI is InChI=1S/C18H19NO2S/c1-5-19-18-15(12(3)17(22-18)13(4)20)11(2)16(21)14-9-7-6-8-10-14/h5-10,16,21H,1H2,2-4H3/b15-11+,19-18?. The van der Waals surface area contributed by atoms with Gasteiger partial charge in [0.2, 0.25) is 0 Å². The minimum absolute atomic E-state index is 0.0104. The first kappa shape index (κ1) is 16.5. The Balaban J connectivity index is 2.55. The zero-order valence-corrected chi connectivity index (χ0v) is 13.8. The summed E-state index contributed by atoms with van der Waals surface area (Å²) in [5.41, 5.74) is 3.31. The van der Waals surface area contributed by atoms with Gasteiger partial charge >= 0.3 is 0 Å². The van der Waals surface area contributed by atoms with E-state index in [1.54, 1.807) is 6.92 Å². The number of nitrogens with zero attached hydrogens (tertiary/aromatic N) is 1. The highest BCUT2D eigenvalue weighted by Crippen LogP contribution is 2.42. The van der Waals surface area contributed by atoms with Crippen LogP contribution in [0.1, 0.15) is 32.4 Å². The first-order chi connectivity index (χ1) is 10.5. The Morgan fingerprint density at radius 3 is 2.50 bits per heavy atom. The quantitative estimate of drug-likeness (QED) is 0.907. The van der Waals surface area contributed by atoms with Crippen LogP contribution in [-0.2, 0) is 4.79 Å². The van der Waals surface area contributed by atoms with Crippen LogP contribution in [-0.4, -0.2) is 15.9 Å². The number of thioether (sulfide) groups is 1. The monoisotopic (exact) mass is 313 g/mol. The van der Waals surface area contributed by atoms with Gasteiger partial charge in [-0.05, 0) is 37.5 Å². The van der Waals surface area contributed by atoms with E-state index in [1.165, 1.54) is 18.0 Å². The van der Waals surface area contributed by atoms with Crippen LogP contribution in [0.15, 0.2) is 69.7 Å². The van der Waals surface area contributed by atoms with Crippen LogP contribution in [0.25, 0.3) is 0 Å². The van der Waals surface area contributed by atoms with Gasteiger partial charge in [-0.3, -0.25) is 4.79 Å². The largest absolute Gasteiger partial charge is 0.384 e. The fourth-order valence-electron chi connectivity index (χ4n) is 2.49. The van der Waals surface area contributed by atoms with Crippen LogP contribution in [0.2, 0.25) is 0 Å². The van der Waals surface area contributed by atoms with Crippen molar-refractivity contribution >= 4 is 22.6 Å². The van der Waals surface area contributed by atoms with E-state index < -0.39 is 6.10 Å². The third-order valence-corrected chi connectivity index (χ3v) is 4.88. The minimum atomic E-state index is -0.729. The molecule has 1 heterocycles. The molecule has 1 aromatic carbocycles. The Morgan fingerprint density at radius 1 is 1.32 bits per heavy atom. The second-order valence-electron chi connectivity index (χ2n) is 5.10. The Labute approximate surface area is 135 Å². The van der Waals surface area contributed by atoms with Gasteiger partial charge < -0.3 is 5.11 Å². The number of Topliss-reactive ketones (excluding diaryl/α,β-unsaturated/α-hetero) is 1. The molecule has 0 amide bonds. The highest BCUT2D eigenvalue weighted by molar-refractivity contribution is 8.19. The third kappa shape index (κ3) is 3.13. The molecular weight excluding hydrogens is 294 g/mol. The van der Waals surface area contributed by atoms with Crippen LogP contribution < -0.4 is 0 Å². The average molecular weight is 313 g/mol. The number of benzene rings is 1. The van der Waals surface area contributed by atoms with Gasteiger partial charge in [-0.1, -0.05) is 48.7 Å². The van der Waals surface area contributed by atoms with Crippen molar-refractivity contribution in [3.63, 3.8) is 0 Å². The number of aliphatic imine (C=N–C) groups is 1. The summed E-state index contributed by atoms with van der Waals surface area (Å²) in [6, 6.07) is 9.45. The van der Waals surface area contributed by atoms with Gasteiger partial charge in [-0.15, -0.1) is 0 Å². The maximum absolute atomic E-state index is 11.8. The van der Waals surface area contributed by atoms with Gasteiger partial charge in [-0.25, -0.2) is 4.99 Å². The number of carbonyl (C=O) groups is 1. The maximum atomic E-state index is 11.8. The summed E-state index contributed by atoms with van der Waals surface area (Å²) in [7, 11) is 0. The van der Waals surface area contributed by atoms with Crippen molar-refractivity contribution in [1.29, 1.82) is 0 Å². The number of rotatable bonds is 4. The SMILES string of the molecule is C=CN=C1SC(C(C)=O)=C(C)/C1=C(/C)C(O)c1ccccc1. The molecule has 1 aliphatic rings. The lowest BCUT2D eigenvalue weighted by atomic mass is 9.94. The van der Waals surface area contributed by atoms with Crippen molar-refractivity contribution in [3.8, 4) is 0 Å². The first-order valence-electron chi connectivity index (χ1n) is 7.00. The van der Waals surface area contributed by atoms with Gasteiger partial charge in [0.05, 0.1) is 4.91 Å². The predicted molar refractivity (Wildman–Crippen MR) is 92.7 cm³/mol. The highest BCUT2D eigenvalue weighted by atomic mass is 32.2. The van der Waals surface area contributed by atoms with Gasteiger partial charge in [-0.2, -0.15) is 0 Å². The van der Waals surface area contributed by atoms with Crippen LogP contribution in [0.3, 0.4) is 0 Å². The van der Waals surface area contributed by atoms with E-state index >= 15 is 0 Å². The zero-order valence-electron chi connectivity index (χ0n) is 13.0. The first-order valence-corrected chi connectivity index (χ1v) is 7.82. The van der Waals surface area contributed by atoms with Crippen LogP contribution in [0, 0.1) is 0 Å². The number of hydrogen-bond acceptors (Lipinski definition) is 4. The third-order valence-electron chi connectivity index (χ3n) is 3.58. The molecule has 1 aliphatic heterocycles. The van der Waals surface area contributed by atoms with Crippen molar-refractivity contribution < 1.29 is 9.90 Å². The number of carbonyl (C=O) groups excluding carboxylic acids is 1. The molecule has 114 valence electrons. The summed E-state index contributed by atoms with van der Waals surface area (Å²) in [6.07, 6.45) is 0.731. The summed E-state index contributed by atoms with van der Waals surface area (Å²) in [5, 5.41) is 11.3. The molecular formula is C18H19NO2S. The topological polar surface area (TPSA) is 49.7 Å². The van der Waals surface area contributed by atoms with Gasteiger partial charge in [0.1, 0.15) is 11.1 Å². The van der Waals surface area contributed by atoms with E-state index in [1.807, 2.05) is 44.2 Å². The van der Waals surface area contributed by atoms with Crippen molar-refractivity contribution in [1.82, 2.24) is 0 Å². The van der Waals surface area contributed by atoms with E-state index in [0.717, 1.165) is 22.3 Å². The number of hydrogen-bond donors (Lipinski definition) is 1. The molecule has 0 bridgehead atoms. The smallest absolute Gasteiger partial charge is 0.166 e. The zero-order chi connectivity index (χ0) is 16.3.